The maximum absolute atomic E-state index is 13.0. The fourth-order valence-corrected chi connectivity index (χ4v) is 4.16. The average molecular weight is 476 g/mol. The molecular weight excluding hydrogens is 446 g/mol. The van der Waals surface area contributed by atoms with Crippen LogP contribution in [-0.2, 0) is 20.9 Å². The second kappa shape index (κ2) is 11.0. The number of carbonyl (C=O) groups excluding carboxylic acids is 4. The number of fused-ring (bicyclic) bond motifs is 1. The van der Waals surface area contributed by atoms with Crippen LogP contribution in [0.5, 0.6) is 0 Å². The molecule has 1 fully saturated rings. The molecular formula is C27H29N3O5. The van der Waals surface area contributed by atoms with Crippen LogP contribution < -0.4 is 5.32 Å². The minimum atomic E-state index is -0.794. The second-order valence-electron chi connectivity index (χ2n) is 8.63. The fourth-order valence-electron chi connectivity index (χ4n) is 4.16. The number of ketones is 1. The summed E-state index contributed by atoms with van der Waals surface area (Å²) in [7, 11) is 0. The standard InChI is InChI=1S/C27H29N3O5/c1-2-3-16-35-27(34)19-10-12-20(13-11-19)28-26(33)25(32)22-17-30(23-9-5-4-8-21(22)23)18-24(31)29-14-6-7-15-29/h4-5,8-13,17H,2-3,6-7,14-16,18H2,1H3,(H,28,33). The van der Waals surface area contributed by atoms with Gasteiger partial charge in [0.05, 0.1) is 17.7 Å². The molecule has 3 aromatic rings. The van der Waals surface area contributed by atoms with E-state index in [-0.39, 0.29) is 18.0 Å². The van der Waals surface area contributed by atoms with Crippen LogP contribution in [0.15, 0.2) is 54.7 Å². The van der Waals surface area contributed by atoms with E-state index in [1.54, 1.807) is 47.2 Å². The van der Waals surface area contributed by atoms with E-state index in [0.29, 0.717) is 23.2 Å². The highest BCUT2D eigenvalue weighted by Gasteiger charge is 2.24. The third-order valence-electron chi connectivity index (χ3n) is 6.11. The van der Waals surface area contributed by atoms with E-state index in [1.165, 1.54) is 0 Å². The summed E-state index contributed by atoms with van der Waals surface area (Å²) in [6, 6.07) is 13.4. The smallest absolute Gasteiger partial charge is 0.338 e. The van der Waals surface area contributed by atoms with Crippen LogP contribution >= 0.6 is 0 Å². The third kappa shape index (κ3) is 5.59. The summed E-state index contributed by atoms with van der Waals surface area (Å²) >= 11 is 0. The Balaban J connectivity index is 1.46. The van der Waals surface area contributed by atoms with Gasteiger partial charge in [0.15, 0.2) is 0 Å². The highest BCUT2D eigenvalue weighted by atomic mass is 16.5. The first-order chi connectivity index (χ1) is 17.0. The number of rotatable bonds is 9. The lowest BCUT2D eigenvalue weighted by Gasteiger charge is -2.15. The van der Waals surface area contributed by atoms with Gasteiger partial charge < -0.3 is 19.5 Å². The molecule has 0 spiro atoms. The van der Waals surface area contributed by atoms with Gasteiger partial charge in [-0.25, -0.2) is 4.79 Å². The van der Waals surface area contributed by atoms with E-state index in [2.05, 4.69) is 5.32 Å². The maximum Gasteiger partial charge on any atom is 0.338 e. The first-order valence-corrected chi connectivity index (χ1v) is 12.0. The number of hydrogen-bond donors (Lipinski definition) is 1. The molecule has 1 aliphatic heterocycles. The zero-order chi connectivity index (χ0) is 24.8. The van der Waals surface area contributed by atoms with Crippen molar-refractivity contribution in [2.75, 3.05) is 25.0 Å². The number of benzene rings is 2. The van der Waals surface area contributed by atoms with Gasteiger partial charge >= 0.3 is 5.97 Å². The summed E-state index contributed by atoms with van der Waals surface area (Å²) < 4.78 is 6.91. The topological polar surface area (TPSA) is 97.7 Å². The number of amides is 2. The molecule has 1 aromatic heterocycles. The quantitative estimate of drug-likeness (QED) is 0.218. The number of carbonyl (C=O) groups is 4. The van der Waals surface area contributed by atoms with Gasteiger partial charge in [-0.1, -0.05) is 31.5 Å². The van der Waals surface area contributed by atoms with Crippen molar-refractivity contribution in [2.45, 2.75) is 39.2 Å². The van der Waals surface area contributed by atoms with Crippen LogP contribution in [0.4, 0.5) is 5.69 Å². The number of likely N-dealkylation sites (tertiary alicyclic amines) is 1. The number of aromatic nitrogens is 1. The Hall–Kier alpha value is -3.94. The number of Topliss-reactive ketones (excluding diaryl/α,β-unsaturated/α-hetero) is 1. The largest absolute Gasteiger partial charge is 0.462 e. The summed E-state index contributed by atoms with van der Waals surface area (Å²) in [5.41, 5.74) is 1.73. The first-order valence-electron chi connectivity index (χ1n) is 12.0. The van der Waals surface area contributed by atoms with Crippen molar-refractivity contribution >= 4 is 40.2 Å². The lowest BCUT2D eigenvalue weighted by Crippen LogP contribution is -2.30. The minimum Gasteiger partial charge on any atom is -0.462 e. The number of anilines is 1. The number of esters is 1. The van der Waals surface area contributed by atoms with Crippen LogP contribution in [-0.4, -0.2) is 52.7 Å². The molecule has 2 aromatic carbocycles. The predicted octanol–water partition coefficient (Wildman–Crippen LogP) is 4.04. The molecule has 182 valence electrons. The van der Waals surface area contributed by atoms with Gasteiger partial charge in [-0.2, -0.15) is 0 Å². The first kappa shape index (κ1) is 24.2. The zero-order valence-electron chi connectivity index (χ0n) is 19.8. The maximum atomic E-state index is 13.0. The van der Waals surface area contributed by atoms with Crippen LogP contribution in [0.3, 0.4) is 0 Å². The van der Waals surface area contributed by atoms with Gasteiger partial charge in [0.2, 0.25) is 5.91 Å². The van der Waals surface area contributed by atoms with Crippen molar-refractivity contribution in [2.24, 2.45) is 0 Å². The van der Waals surface area contributed by atoms with Crippen LogP contribution in [0.1, 0.15) is 53.3 Å². The highest BCUT2D eigenvalue weighted by molar-refractivity contribution is 6.48. The number of hydrogen-bond acceptors (Lipinski definition) is 5. The lowest BCUT2D eigenvalue weighted by atomic mass is 10.1. The molecule has 35 heavy (non-hydrogen) atoms. The summed E-state index contributed by atoms with van der Waals surface area (Å²) in [4.78, 5) is 52.3. The van der Waals surface area contributed by atoms with E-state index in [9.17, 15) is 19.2 Å². The molecule has 0 saturated carbocycles. The Morgan fingerprint density at radius 2 is 1.69 bits per heavy atom. The number of ether oxygens (including phenoxy) is 1. The summed E-state index contributed by atoms with van der Waals surface area (Å²) in [6.45, 7) is 3.99. The van der Waals surface area contributed by atoms with Crippen molar-refractivity contribution < 1.29 is 23.9 Å². The van der Waals surface area contributed by atoms with E-state index in [4.69, 9.17) is 4.74 Å². The monoisotopic (exact) mass is 475 g/mol. The normalized spacial score (nSPS) is 13.1. The lowest BCUT2D eigenvalue weighted by molar-refractivity contribution is -0.130. The van der Waals surface area contributed by atoms with Gasteiger partial charge in [0.1, 0.15) is 6.54 Å². The molecule has 2 heterocycles. The molecule has 0 atom stereocenters. The van der Waals surface area contributed by atoms with Gasteiger partial charge in [0, 0.05) is 35.9 Å². The average Bonchev–Trinajstić information content (AvgIpc) is 3.53. The van der Waals surface area contributed by atoms with E-state index in [0.717, 1.165) is 44.3 Å². The van der Waals surface area contributed by atoms with Gasteiger partial charge in [-0.15, -0.1) is 0 Å². The molecule has 0 aliphatic carbocycles. The number of unbranched alkanes of at least 4 members (excludes halogenated alkanes) is 1. The number of nitrogens with zero attached hydrogens (tertiary/aromatic N) is 2. The number of para-hydroxylation sites is 1. The molecule has 8 heteroatoms. The van der Waals surface area contributed by atoms with E-state index >= 15 is 0 Å². The molecule has 0 radical (unpaired) electrons. The Bertz CT molecular complexity index is 1240. The van der Waals surface area contributed by atoms with Crippen molar-refractivity contribution in [1.29, 1.82) is 0 Å². The molecule has 1 N–H and O–H groups in total. The minimum absolute atomic E-state index is 0.0000131. The molecule has 2 amide bonds. The second-order valence-corrected chi connectivity index (χ2v) is 8.63. The Kier molecular flexibility index (Phi) is 7.60. The Labute approximate surface area is 203 Å². The highest BCUT2D eigenvalue weighted by Crippen LogP contribution is 2.23. The van der Waals surface area contributed by atoms with Gasteiger partial charge in [-0.05, 0) is 49.6 Å². The molecule has 0 unspecified atom stereocenters. The summed E-state index contributed by atoms with van der Waals surface area (Å²) in [6.07, 6.45) is 5.31. The van der Waals surface area contributed by atoms with Crippen molar-refractivity contribution in [1.82, 2.24) is 9.47 Å². The summed E-state index contributed by atoms with van der Waals surface area (Å²) in [5, 5.41) is 3.21. The number of nitrogens with one attached hydrogen (secondary N) is 1. The van der Waals surface area contributed by atoms with Crippen molar-refractivity contribution in [3.8, 4) is 0 Å². The van der Waals surface area contributed by atoms with Crippen LogP contribution in [0, 0.1) is 0 Å². The molecule has 1 aliphatic rings. The van der Waals surface area contributed by atoms with E-state index in [1.807, 2.05) is 24.0 Å². The molecule has 4 rings (SSSR count). The van der Waals surface area contributed by atoms with Crippen molar-refractivity contribution in [3.63, 3.8) is 0 Å². The van der Waals surface area contributed by atoms with E-state index < -0.39 is 17.7 Å². The van der Waals surface area contributed by atoms with Crippen molar-refractivity contribution in [3.05, 3.63) is 65.9 Å². The van der Waals surface area contributed by atoms with Crippen LogP contribution in [0.2, 0.25) is 0 Å². The molecule has 0 bridgehead atoms. The summed E-state index contributed by atoms with van der Waals surface area (Å²) in [5.74, 6) is -1.92. The molecule has 8 nitrogen and oxygen atoms in total. The predicted molar refractivity (Wildman–Crippen MR) is 132 cm³/mol. The fraction of sp³-hybridized carbons (Fsp3) is 0.333. The Morgan fingerprint density at radius 1 is 0.971 bits per heavy atom. The van der Waals surface area contributed by atoms with Gasteiger partial charge in [0.25, 0.3) is 11.7 Å². The Morgan fingerprint density at radius 3 is 2.40 bits per heavy atom. The third-order valence-corrected chi connectivity index (χ3v) is 6.11. The zero-order valence-corrected chi connectivity index (χ0v) is 19.8. The van der Waals surface area contributed by atoms with Crippen LogP contribution in [0.25, 0.3) is 10.9 Å². The SMILES string of the molecule is CCCCOC(=O)c1ccc(NC(=O)C(=O)c2cn(CC(=O)N3CCCC3)c3ccccc23)cc1. The molecule has 1 saturated heterocycles. The van der Waals surface area contributed by atoms with Gasteiger partial charge in [-0.3, -0.25) is 14.4 Å².